The van der Waals surface area contributed by atoms with Crippen molar-refractivity contribution >= 4 is 27.0 Å². The van der Waals surface area contributed by atoms with Gasteiger partial charge in [0.15, 0.2) is 0 Å². The van der Waals surface area contributed by atoms with Gasteiger partial charge in [0.1, 0.15) is 17.4 Å². The highest BCUT2D eigenvalue weighted by Crippen LogP contribution is 2.29. The Morgan fingerprint density at radius 3 is 2.42 bits per heavy atom. The standard InChI is InChI=1S/C28H27NO6S/c1-3-4-10-25(29-36(32,33)22-14-11-19(2)12-15-22)28(31)34-21-13-16-23-24(20-8-6-5-7-9-20)18-27(30)35-26(23)17-21/h5-9,11-18,25,29H,3-4,10H2,1-2H3/t25-/m0/s1. The fourth-order valence-corrected chi connectivity index (χ4v) is 5.08. The second-order valence-corrected chi connectivity index (χ2v) is 10.3. The lowest BCUT2D eigenvalue weighted by Crippen LogP contribution is -2.42. The van der Waals surface area contributed by atoms with Crippen molar-refractivity contribution in [1.82, 2.24) is 4.72 Å². The summed E-state index contributed by atoms with van der Waals surface area (Å²) in [5.74, 6) is -0.586. The molecule has 4 aromatic rings. The molecule has 0 radical (unpaired) electrons. The zero-order valence-corrected chi connectivity index (χ0v) is 20.9. The van der Waals surface area contributed by atoms with Crippen LogP contribution >= 0.6 is 0 Å². The molecule has 0 aliphatic carbocycles. The fraction of sp³-hybridized carbons (Fsp3) is 0.214. The highest BCUT2D eigenvalue weighted by molar-refractivity contribution is 7.89. The molecule has 1 atom stereocenters. The number of carbonyl (C=O) groups excluding carboxylic acids is 1. The van der Waals surface area contributed by atoms with Gasteiger partial charge < -0.3 is 9.15 Å². The number of fused-ring (bicyclic) bond motifs is 1. The average Bonchev–Trinajstić information content (AvgIpc) is 2.86. The Morgan fingerprint density at radius 1 is 1.00 bits per heavy atom. The molecule has 0 saturated carbocycles. The molecule has 1 heterocycles. The van der Waals surface area contributed by atoms with Crippen LogP contribution in [0.3, 0.4) is 0 Å². The third-order valence-corrected chi connectivity index (χ3v) is 7.27. The van der Waals surface area contributed by atoms with Gasteiger partial charge >= 0.3 is 11.6 Å². The Balaban J connectivity index is 1.60. The lowest BCUT2D eigenvalue weighted by molar-refractivity contribution is -0.136. The monoisotopic (exact) mass is 505 g/mol. The smallest absolute Gasteiger partial charge is 0.336 e. The van der Waals surface area contributed by atoms with Crippen molar-refractivity contribution in [3.05, 3.63) is 94.8 Å². The maximum absolute atomic E-state index is 13.0. The molecule has 0 aliphatic rings. The van der Waals surface area contributed by atoms with Crippen LogP contribution in [-0.4, -0.2) is 20.4 Å². The van der Waals surface area contributed by atoms with Crippen molar-refractivity contribution in [3.8, 4) is 16.9 Å². The first-order chi connectivity index (χ1) is 17.3. The van der Waals surface area contributed by atoms with Crippen LogP contribution in [0.2, 0.25) is 0 Å². The van der Waals surface area contributed by atoms with Gasteiger partial charge in [0.05, 0.1) is 4.90 Å². The van der Waals surface area contributed by atoms with Crippen LogP contribution < -0.4 is 15.1 Å². The van der Waals surface area contributed by atoms with E-state index >= 15 is 0 Å². The molecule has 0 aliphatic heterocycles. The maximum atomic E-state index is 13.0. The maximum Gasteiger partial charge on any atom is 0.336 e. The first-order valence-corrected chi connectivity index (χ1v) is 13.2. The normalized spacial score (nSPS) is 12.4. The summed E-state index contributed by atoms with van der Waals surface area (Å²) in [6.07, 6.45) is 1.68. The minimum atomic E-state index is -3.93. The number of esters is 1. The summed E-state index contributed by atoms with van der Waals surface area (Å²) in [6, 6.07) is 20.9. The van der Waals surface area contributed by atoms with Crippen LogP contribution in [0, 0.1) is 6.92 Å². The summed E-state index contributed by atoms with van der Waals surface area (Å²) in [7, 11) is -3.93. The third-order valence-electron chi connectivity index (χ3n) is 5.78. The Morgan fingerprint density at radius 2 is 1.72 bits per heavy atom. The minimum Gasteiger partial charge on any atom is -0.425 e. The molecule has 0 spiro atoms. The molecule has 7 nitrogen and oxygen atoms in total. The lowest BCUT2D eigenvalue weighted by atomic mass is 10.0. The summed E-state index contributed by atoms with van der Waals surface area (Å²) >= 11 is 0. The van der Waals surface area contributed by atoms with Gasteiger partial charge in [-0.05, 0) is 48.7 Å². The second-order valence-electron chi connectivity index (χ2n) is 8.55. The number of benzene rings is 3. The van der Waals surface area contributed by atoms with E-state index in [1.807, 2.05) is 44.2 Å². The van der Waals surface area contributed by atoms with Crippen molar-refractivity contribution in [1.29, 1.82) is 0 Å². The van der Waals surface area contributed by atoms with E-state index in [-0.39, 0.29) is 22.6 Å². The number of rotatable bonds is 9. The predicted molar refractivity (Wildman–Crippen MR) is 138 cm³/mol. The van der Waals surface area contributed by atoms with Crippen LogP contribution in [0.5, 0.6) is 5.75 Å². The molecule has 36 heavy (non-hydrogen) atoms. The van der Waals surface area contributed by atoms with E-state index in [0.29, 0.717) is 17.4 Å². The third kappa shape index (κ3) is 5.90. The summed E-state index contributed by atoms with van der Waals surface area (Å²) < 4.78 is 39.2. The Kier molecular flexibility index (Phi) is 7.67. The molecule has 4 rings (SSSR count). The number of carbonyl (C=O) groups is 1. The van der Waals surface area contributed by atoms with Crippen molar-refractivity contribution in [3.63, 3.8) is 0 Å². The summed E-state index contributed by atoms with van der Waals surface area (Å²) in [5.41, 5.74) is 2.21. The quantitative estimate of drug-likeness (QED) is 0.190. The molecule has 0 bridgehead atoms. The summed E-state index contributed by atoms with van der Waals surface area (Å²) in [4.78, 5) is 25.3. The first kappa shape index (κ1) is 25.3. The number of sulfonamides is 1. The van der Waals surface area contributed by atoms with Gasteiger partial charge in [0.2, 0.25) is 10.0 Å². The van der Waals surface area contributed by atoms with Crippen LogP contribution in [0.1, 0.15) is 31.7 Å². The molecule has 0 unspecified atom stereocenters. The topological polar surface area (TPSA) is 103 Å². The van der Waals surface area contributed by atoms with Crippen LogP contribution in [0.15, 0.2) is 93.0 Å². The molecule has 0 fully saturated rings. The van der Waals surface area contributed by atoms with E-state index in [0.717, 1.165) is 17.5 Å². The first-order valence-electron chi connectivity index (χ1n) is 11.7. The van der Waals surface area contributed by atoms with Crippen molar-refractivity contribution in [2.75, 3.05) is 0 Å². The predicted octanol–water partition coefficient (Wildman–Crippen LogP) is 5.21. The zero-order chi connectivity index (χ0) is 25.7. The SMILES string of the molecule is CCCC[C@H](NS(=O)(=O)c1ccc(C)cc1)C(=O)Oc1ccc2c(-c3ccccc3)cc(=O)oc2c1. The molecule has 1 N–H and O–H groups in total. The Hall–Kier alpha value is -3.75. The van der Waals surface area contributed by atoms with Crippen molar-refractivity contribution in [2.45, 2.75) is 44.0 Å². The number of unbranched alkanes of at least 4 members (excludes halogenated alkanes) is 1. The van der Waals surface area contributed by atoms with E-state index in [4.69, 9.17) is 9.15 Å². The summed E-state index contributed by atoms with van der Waals surface area (Å²) in [5, 5.41) is 0.684. The van der Waals surface area contributed by atoms with E-state index in [9.17, 15) is 18.0 Å². The molecule has 186 valence electrons. The molecule has 1 aromatic heterocycles. The molecular formula is C28H27NO6S. The Bertz CT molecular complexity index is 1530. The van der Waals surface area contributed by atoms with Crippen LogP contribution in [0.25, 0.3) is 22.1 Å². The number of hydrogen-bond donors (Lipinski definition) is 1. The van der Waals surface area contributed by atoms with Crippen LogP contribution in [0.4, 0.5) is 0 Å². The van der Waals surface area contributed by atoms with Gasteiger partial charge in [-0.2, -0.15) is 4.72 Å². The fourth-order valence-electron chi connectivity index (χ4n) is 3.86. The number of nitrogens with one attached hydrogen (secondary N) is 1. The number of hydrogen-bond acceptors (Lipinski definition) is 6. The van der Waals surface area contributed by atoms with Crippen molar-refractivity contribution in [2.24, 2.45) is 0 Å². The number of ether oxygens (including phenoxy) is 1. The van der Waals surface area contributed by atoms with Gasteiger partial charge in [-0.3, -0.25) is 0 Å². The highest BCUT2D eigenvalue weighted by atomic mass is 32.2. The van der Waals surface area contributed by atoms with E-state index in [2.05, 4.69) is 4.72 Å². The average molecular weight is 506 g/mol. The molecule has 0 saturated heterocycles. The lowest BCUT2D eigenvalue weighted by Gasteiger charge is -2.18. The second kappa shape index (κ2) is 10.9. The van der Waals surface area contributed by atoms with Crippen LogP contribution in [-0.2, 0) is 14.8 Å². The molecule has 0 amide bonds. The highest BCUT2D eigenvalue weighted by Gasteiger charge is 2.27. The minimum absolute atomic E-state index is 0.0725. The van der Waals surface area contributed by atoms with Gasteiger partial charge in [-0.1, -0.05) is 67.8 Å². The van der Waals surface area contributed by atoms with Crippen molar-refractivity contribution < 1.29 is 22.4 Å². The number of aryl methyl sites for hydroxylation is 1. The van der Waals surface area contributed by atoms with E-state index in [1.165, 1.54) is 24.3 Å². The Labute approximate surface area is 209 Å². The van der Waals surface area contributed by atoms with E-state index in [1.54, 1.807) is 24.3 Å². The van der Waals surface area contributed by atoms with Gasteiger partial charge in [0, 0.05) is 17.5 Å². The van der Waals surface area contributed by atoms with Gasteiger partial charge in [-0.15, -0.1) is 0 Å². The summed E-state index contributed by atoms with van der Waals surface area (Å²) in [6.45, 7) is 3.81. The van der Waals surface area contributed by atoms with Gasteiger partial charge in [0.25, 0.3) is 0 Å². The molecule has 3 aromatic carbocycles. The molecule has 8 heteroatoms. The largest absolute Gasteiger partial charge is 0.425 e. The molecular weight excluding hydrogens is 478 g/mol. The van der Waals surface area contributed by atoms with E-state index < -0.39 is 27.7 Å². The zero-order valence-electron chi connectivity index (χ0n) is 20.1. The van der Waals surface area contributed by atoms with Gasteiger partial charge in [-0.25, -0.2) is 18.0 Å².